The molecule has 0 bridgehead atoms. The molecule has 7 nitrogen and oxygen atoms in total. The first-order chi connectivity index (χ1) is 18.3. The quantitative estimate of drug-likeness (QED) is 0.228. The van der Waals surface area contributed by atoms with Crippen LogP contribution in [0.5, 0.6) is 0 Å². The maximum atomic E-state index is 4.97. The summed E-state index contributed by atoms with van der Waals surface area (Å²) in [6.45, 7) is 1.91. The third kappa shape index (κ3) is 4.32. The second-order valence-electron chi connectivity index (χ2n) is 9.86. The van der Waals surface area contributed by atoms with E-state index in [2.05, 4.69) is 77.6 Å². The highest BCUT2D eigenvalue weighted by Crippen LogP contribution is 2.33. The van der Waals surface area contributed by atoms with Crippen molar-refractivity contribution in [3.63, 3.8) is 0 Å². The van der Waals surface area contributed by atoms with Crippen LogP contribution in [0.4, 0.5) is 0 Å². The molecule has 1 fully saturated rings. The Morgan fingerprint density at radius 2 is 1.92 bits per heavy atom. The highest BCUT2D eigenvalue weighted by molar-refractivity contribution is 7.08. The molecular formula is C29H27N7S. The van der Waals surface area contributed by atoms with E-state index in [0.717, 1.165) is 63.6 Å². The lowest BCUT2D eigenvalue weighted by molar-refractivity contribution is 0.489. The number of nitrogens with zero attached hydrogens (tertiary/aromatic N) is 4. The molecule has 0 atom stereocenters. The molecule has 7 rings (SSSR count). The van der Waals surface area contributed by atoms with Crippen LogP contribution < -0.4 is 5.32 Å². The van der Waals surface area contributed by atoms with E-state index >= 15 is 0 Å². The van der Waals surface area contributed by atoms with Gasteiger partial charge in [0.2, 0.25) is 0 Å². The Hall–Kier alpha value is -3.88. The first-order valence-corrected chi connectivity index (χ1v) is 13.8. The second-order valence-corrected chi connectivity index (χ2v) is 10.6. The number of hydrogen-bond acceptors (Lipinski definition) is 6. The van der Waals surface area contributed by atoms with Crippen molar-refractivity contribution in [3.05, 3.63) is 71.3 Å². The summed E-state index contributed by atoms with van der Waals surface area (Å²) in [7, 11) is 0. The molecule has 5 aromatic heterocycles. The number of imidazole rings is 1. The molecule has 6 aromatic rings. The first-order valence-electron chi connectivity index (χ1n) is 12.8. The second kappa shape index (κ2) is 9.53. The number of nitrogens with one attached hydrogen (secondary N) is 3. The van der Waals surface area contributed by atoms with E-state index in [-0.39, 0.29) is 0 Å². The van der Waals surface area contributed by atoms with Crippen LogP contribution in [0.15, 0.2) is 65.7 Å². The molecule has 3 N–H and O–H groups in total. The fourth-order valence-electron chi connectivity index (χ4n) is 5.42. The topological polar surface area (TPSA) is 95.2 Å². The smallest absolute Gasteiger partial charge is 0.181 e. The molecule has 0 amide bonds. The Morgan fingerprint density at radius 1 is 1.00 bits per heavy atom. The van der Waals surface area contributed by atoms with Gasteiger partial charge in [-0.3, -0.25) is 10.1 Å². The summed E-state index contributed by atoms with van der Waals surface area (Å²) in [6, 6.07) is 12.7. The highest BCUT2D eigenvalue weighted by Gasteiger charge is 2.17. The largest absolute Gasteiger partial charge is 0.337 e. The maximum Gasteiger partial charge on any atom is 0.181 e. The molecule has 0 saturated heterocycles. The van der Waals surface area contributed by atoms with E-state index in [1.165, 1.54) is 36.8 Å². The van der Waals surface area contributed by atoms with Crippen LogP contribution in [-0.4, -0.2) is 36.7 Å². The number of pyridine rings is 2. The number of aromatic amines is 2. The molecular weight excluding hydrogens is 478 g/mol. The van der Waals surface area contributed by atoms with E-state index in [1.807, 2.05) is 18.6 Å². The minimum absolute atomic E-state index is 0.666. The lowest BCUT2D eigenvalue weighted by atomic mass is 10.1. The number of rotatable bonds is 7. The van der Waals surface area contributed by atoms with Crippen molar-refractivity contribution >= 4 is 33.4 Å². The van der Waals surface area contributed by atoms with E-state index in [1.54, 1.807) is 11.3 Å². The van der Waals surface area contributed by atoms with Crippen LogP contribution in [0.3, 0.4) is 0 Å². The van der Waals surface area contributed by atoms with Gasteiger partial charge >= 0.3 is 0 Å². The van der Waals surface area contributed by atoms with Crippen molar-refractivity contribution in [1.82, 2.24) is 35.5 Å². The van der Waals surface area contributed by atoms with Crippen molar-refractivity contribution in [1.29, 1.82) is 0 Å². The highest BCUT2D eigenvalue weighted by atomic mass is 32.1. The molecule has 1 saturated carbocycles. The summed E-state index contributed by atoms with van der Waals surface area (Å²) in [4.78, 5) is 17.6. The summed E-state index contributed by atoms with van der Waals surface area (Å²) in [6.07, 6.45) is 11.2. The van der Waals surface area contributed by atoms with Crippen molar-refractivity contribution in [2.45, 2.75) is 32.2 Å². The Balaban J connectivity index is 1.20. The molecule has 5 heterocycles. The zero-order valence-electron chi connectivity index (χ0n) is 20.4. The molecule has 0 unspecified atom stereocenters. The molecule has 184 valence electrons. The van der Waals surface area contributed by atoms with Crippen LogP contribution in [0.1, 0.15) is 31.2 Å². The Kier molecular flexibility index (Phi) is 5.75. The molecule has 1 aliphatic rings. The maximum absolute atomic E-state index is 4.97. The Bertz CT molecular complexity index is 1680. The molecule has 1 aromatic carbocycles. The number of hydrogen-bond donors (Lipinski definition) is 3. The normalized spacial score (nSPS) is 14.3. The van der Waals surface area contributed by atoms with Gasteiger partial charge in [0.15, 0.2) is 11.5 Å². The van der Waals surface area contributed by atoms with Gasteiger partial charge < -0.3 is 10.3 Å². The fourth-order valence-corrected chi connectivity index (χ4v) is 6.07. The molecule has 0 spiro atoms. The molecule has 8 heteroatoms. The monoisotopic (exact) mass is 505 g/mol. The number of H-pyrrole nitrogens is 2. The minimum Gasteiger partial charge on any atom is -0.337 e. The zero-order chi connectivity index (χ0) is 24.6. The zero-order valence-corrected chi connectivity index (χ0v) is 21.2. The van der Waals surface area contributed by atoms with Gasteiger partial charge in [0.1, 0.15) is 5.69 Å². The number of thiophene rings is 1. The summed E-state index contributed by atoms with van der Waals surface area (Å²) >= 11 is 1.69. The summed E-state index contributed by atoms with van der Waals surface area (Å²) in [5.41, 5.74) is 8.98. The molecule has 0 aliphatic heterocycles. The average molecular weight is 506 g/mol. The summed E-state index contributed by atoms with van der Waals surface area (Å²) in [5, 5.41) is 16.4. The molecule has 0 radical (unpaired) electrons. The molecule has 37 heavy (non-hydrogen) atoms. The van der Waals surface area contributed by atoms with Crippen LogP contribution in [-0.2, 0) is 6.54 Å². The van der Waals surface area contributed by atoms with E-state index in [4.69, 9.17) is 4.98 Å². The van der Waals surface area contributed by atoms with E-state index in [0.29, 0.717) is 5.65 Å². The predicted octanol–water partition coefficient (Wildman–Crippen LogP) is 6.57. The lowest BCUT2D eigenvalue weighted by Crippen LogP contribution is -2.20. The van der Waals surface area contributed by atoms with Gasteiger partial charge in [-0.25, -0.2) is 9.97 Å². The number of benzene rings is 1. The van der Waals surface area contributed by atoms with E-state index < -0.39 is 0 Å². The van der Waals surface area contributed by atoms with Gasteiger partial charge in [-0.05, 0) is 71.5 Å². The lowest BCUT2D eigenvalue weighted by Gasteiger charge is -2.11. The van der Waals surface area contributed by atoms with Gasteiger partial charge in [0, 0.05) is 41.8 Å². The van der Waals surface area contributed by atoms with Crippen LogP contribution in [0.25, 0.3) is 55.8 Å². The SMILES string of the molecule is c1cc(-c2ccsc2)c2nc(-c3[nH]nc4ncc(-c5cncc(CNCC6CCCC6)c5)cc34)[nH]c2c1. The van der Waals surface area contributed by atoms with Crippen molar-refractivity contribution in [3.8, 4) is 33.8 Å². The van der Waals surface area contributed by atoms with Crippen molar-refractivity contribution in [2.24, 2.45) is 5.92 Å². The number of fused-ring (bicyclic) bond motifs is 2. The molecule has 1 aliphatic carbocycles. The predicted molar refractivity (Wildman–Crippen MR) is 149 cm³/mol. The third-order valence-electron chi connectivity index (χ3n) is 7.36. The van der Waals surface area contributed by atoms with E-state index in [9.17, 15) is 0 Å². The van der Waals surface area contributed by atoms with Gasteiger partial charge in [-0.1, -0.05) is 25.0 Å². The van der Waals surface area contributed by atoms with Gasteiger partial charge in [-0.2, -0.15) is 16.4 Å². The van der Waals surface area contributed by atoms with Gasteiger partial charge in [0.25, 0.3) is 0 Å². The summed E-state index contributed by atoms with van der Waals surface area (Å²) in [5.74, 6) is 1.57. The Morgan fingerprint density at radius 3 is 2.81 bits per heavy atom. The van der Waals surface area contributed by atoms with Crippen LogP contribution in [0.2, 0.25) is 0 Å². The summed E-state index contributed by atoms with van der Waals surface area (Å²) < 4.78 is 0. The van der Waals surface area contributed by atoms with Crippen LogP contribution in [0, 0.1) is 5.92 Å². The van der Waals surface area contributed by atoms with Gasteiger partial charge in [0.05, 0.1) is 16.4 Å². The Labute approximate surface area is 218 Å². The number of aromatic nitrogens is 6. The van der Waals surface area contributed by atoms with Crippen molar-refractivity contribution in [2.75, 3.05) is 6.54 Å². The van der Waals surface area contributed by atoms with Gasteiger partial charge in [-0.15, -0.1) is 0 Å². The third-order valence-corrected chi connectivity index (χ3v) is 8.04. The minimum atomic E-state index is 0.666. The first kappa shape index (κ1) is 22.3. The fraction of sp³-hybridized carbons (Fsp3) is 0.241. The standard InChI is InChI=1S/C29H27N7S/c1-2-5-18(4-1)12-30-13-19-10-21(15-31-14-19)22-11-24-27(35-36-28(24)32-16-22)29-33-25-7-3-6-23(26(25)34-29)20-8-9-37-17-20/h3,6-11,14-18,30H,1-2,4-5,12-13H2,(H,33,34)(H,32,35,36). The van der Waals surface area contributed by atoms with Crippen molar-refractivity contribution < 1.29 is 0 Å². The van der Waals surface area contributed by atoms with Crippen LogP contribution >= 0.6 is 11.3 Å². The number of para-hydroxylation sites is 1. The average Bonchev–Trinajstić information content (AvgIpc) is 3.74.